The molecule has 0 amide bonds. The number of rotatable bonds is 5. The van der Waals surface area contributed by atoms with Gasteiger partial charge in [-0.25, -0.2) is 0 Å². The summed E-state index contributed by atoms with van der Waals surface area (Å²) in [5.41, 5.74) is 0.564. The molecule has 1 saturated carbocycles. The molecule has 0 heterocycles. The summed E-state index contributed by atoms with van der Waals surface area (Å²) in [6.07, 6.45) is 3.89. The molecule has 1 fully saturated rings. The van der Waals surface area contributed by atoms with E-state index in [1.54, 1.807) is 0 Å². The predicted molar refractivity (Wildman–Crippen MR) is 62.0 cm³/mol. The van der Waals surface area contributed by atoms with Crippen LogP contribution in [0.5, 0.6) is 5.75 Å². The van der Waals surface area contributed by atoms with Crippen molar-refractivity contribution in [3.05, 3.63) is 30.3 Å². The fraction of sp³-hybridized carbons (Fsp3) is 0.500. The van der Waals surface area contributed by atoms with Gasteiger partial charge in [-0.2, -0.15) is 0 Å². The van der Waals surface area contributed by atoms with Crippen LogP contribution < -0.4 is 4.74 Å². The molecule has 1 aromatic carbocycles. The summed E-state index contributed by atoms with van der Waals surface area (Å²) < 4.78 is 5.66. The zero-order valence-corrected chi connectivity index (χ0v) is 9.79. The number of hydrogen-bond donors (Lipinski definition) is 0. The van der Waals surface area contributed by atoms with E-state index in [0.717, 1.165) is 17.7 Å². The second kappa shape index (κ2) is 4.35. The second-order valence-electron chi connectivity index (χ2n) is 4.05. The summed E-state index contributed by atoms with van der Waals surface area (Å²) in [6.45, 7) is 0.843. The summed E-state index contributed by atoms with van der Waals surface area (Å²) in [6, 6.07) is 10.0. The maximum atomic E-state index is 5.66. The highest BCUT2D eigenvalue weighted by Crippen LogP contribution is 2.49. The van der Waals surface area contributed by atoms with Crippen LogP contribution in [0.3, 0.4) is 0 Å². The minimum atomic E-state index is 0.564. The number of hydrogen-bond acceptors (Lipinski definition) is 1. The van der Waals surface area contributed by atoms with Gasteiger partial charge in [0.05, 0.1) is 6.61 Å². The molecule has 2 rings (SSSR count). The third-order valence-corrected chi connectivity index (χ3v) is 4.07. The first-order valence-electron chi connectivity index (χ1n) is 5.08. The van der Waals surface area contributed by atoms with Crippen LogP contribution in [-0.4, -0.2) is 11.9 Å². The molecule has 0 saturated heterocycles. The van der Waals surface area contributed by atoms with Gasteiger partial charge in [0.25, 0.3) is 0 Å². The predicted octanol–water partition coefficient (Wildman–Crippen LogP) is 3.63. The molecule has 1 nitrogen and oxygen atoms in total. The molecule has 0 bridgehead atoms. The van der Waals surface area contributed by atoms with Gasteiger partial charge in [-0.1, -0.05) is 34.1 Å². The molecule has 1 aliphatic carbocycles. The average molecular weight is 255 g/mol. The molecule has 1 aromatic rings. The Labute approximate surface area is 93.6 Å². The third kappa shape index (κ3) is 2.50. The molecule has 0 aliphatic heterocycles. The Morgan fingerprint density at radius 3 is 2.50 bits per heavy atom. The van der Waals surface area contributed by atoms with Gasteiger partial charge in [0.2, 0.25) is 0 Å². The first kappa shape index (κ1) is 10.0. The highest BCUT2D eigenvalue weighted by Gasteiger charge is 2.40. The Morgan fingerprint density at radius 2 is 1.93 bits per heavy atom. The van der Waals surface area contributed by atoms with Crippen molar-refractivity contribution < 1.29 is 4.74 Å². The Morgan fingerprint density at radius 1 is 1.21 bits per heavy atom. The first-order chi connectivity index (χ1) is 6.85. The Balaban J connectivity index is 1.73. The topological polar surface area (TPSA) is 9.23 Å². The average Bonchev–Trinajstić information content (AvgIpc) is 3.00. The first-order valence-corrected chi connectivity index (χ1v) is 6.21. The summed E-state index contributed by atoms with van der Waals surface area (Å²) in [5, 5.41) is 1.12. The van der Waals surface area contributed by atoms with Crippen LogP contribution in [0.25, 0.3) is 0 Å². The Kier molecular flexibility index (Phi) is 3.12. The minimum absolute atomic E-state index is 0.564. The highest BCUT2D eigenvalue weighted by atomic mass is 79.9. The SMILES string of the molecule is BrCC1(CCOc2ccccc2)CC1. The third-order valence-electron chi connectivity index (χ3n) is 2.88. The van der Waals surface area contributed by atoms with Gasteiger partial charge in [-0.3, -0.25) is 0 Å². The van der Waals surface area contributed by atoms with Crippen LogP contribution in [0.2, 0.25) is 0 Å². The van der Waals surface area contributed by atoms with Crippen LogP contribution in [-0.2, 0) is 0 Å². The zero-order chi connectivity index (χ0) is 9.86. The normalized spacial score (nSPS) is 17.8. The van der Waals surface area contributed by atoms with E-state index in [-0.39, 0.29) is 0 Å². The zero-order valence-electron chi connectivity index (χ0n) is 8.21. The van der Waals surface area contributed by atoms with Crippen LogP contribution in [0.1, 0.15) is 19.3 Å². The number of benzene rings is 1. The lowest BCUT2D eigenvalue weighted by atomic mass is 10.1. The van der Waals surface area contributed by atoms with Crippen LogP contribution in [0, 0.1) is 5.41 Å². The van der Waals surface area contributed by atoms with Gasteiger partial charge in [0, 0.05) is 5.33 Å². The van der Waals surface area contributed by atoms with E-state index < -0.39 is 0 Å². The van der Waals surface area contributed by atoms with E-state index in [1.165, 1.54) is 19.3 Å². The van der Waals surface area contributed by atoms with Crippen molar-refractivity contribution in [3.8, 4) is 5.75 Å². The molecular formula is C12H15BrO. The van der Waals surface area contributed by atoms with Crippen molar-refractivity contribution in [1.29, 1.82) is 0 Å². The monoisotopic (exact) mass is 254 g/mol. The number of halogens is 1. The minimum Gasteiger partial charge on any atom is -0.494 e. The maximum Gasteiger partial charge on any atom is 0.119 e. The molecule has 0 aromatic heterocycles. The molecule has 0 unspecified atom stereocenters. The lowest BCUT2D eigenvalue weighted by Gasteiger charge is -2.11. The number of alkyl halides is 1. The fourth-order valence-electron chi connectivity index (χ4n) is 1.53. The van der Waals surface area contributed by atoms with E-state index >= 15 is 0 Å². The summed E-state index contributed by atoms with van der Waals surface area (Å²) in [7, 11) is 0. The van der Waals surface area contributed by atoms with Crippen LogP contribution >= 0.6 is 15.9 Å². The van der Waals surface area contributed by atoms with Crippen molar-refractivity contribution in [3.63, 3.8) is 0 Å². The molecule has 76 valence electrons. The molecule has 0 atom stereocenters. The fourth-order valence-corrected chi connectivity index (χ4v) is 2.37. The van der Waals surface area contributed by atoms with Crippen LogP contribution in [0.15, 0.2) is 30.3 Å². The van der Waals surface area contributed by atoms with E-state index in [1.807, 2.05) is 30.3 Å². The van der Waals surface area contributed by atoms with Gasteiger partial charge in [0.1, 0.15) is 5.75 Å². The van der Waals surface area contributed by atoms with Gasteiger partial charge < -0.3 is 4.74 Å². The molecule has 14 heavy (non-hydrogen) atoms. The Hall–Kier alpha value is -0.500. The van der Waals surface area contributed by atoms with Crippen molar-refractivity contribution in [2.24, 2.45) is 5.41 Å². The largest absolute Gasteiger partial charge is 0.494 e. The quantitative estimate of drug-likeness (QED) is 0.730. The van der Waals surface area contributed by atoms with Gasteiger partial charge in [-0.15, -0.1) is 0 Å². The van der Waals surface area contributed by atoms with Crippen molar-refractivity contribution >= 4 is 15.9 Å². The van der Waals surface area contributed by atoms with E-state index in [9.17, 15) is 0 Å². The Bertz CT molecular complexity index is 280. The standard InChI is InChI=1S/C12H15BrO/c13-10-12(6-7-12)8-9-14-11-4-2-1-3-5-11/h1-5H,6-10H2. The molecule has 0 N–H and O–H groups in total. The second-order valence-corrected chi connectivity index (χ2v) is 4.61. The van der Waals surface area contributed by atoms with Gasteiger partial charge in [-0.05, 0) is 36.8 Å². The van der Waals surface area contributed by atoms with E-state index in [2.05, 4.69) is 15.9 Å². The lowest BCUT2D eigenvalue weighted by molar-refractivity contribution is 0.279. The highest BCUT2D eigenvalue weighted by molar-refractivity contribution is 9.09. The molecular weight excluding hydrogens is 240 g/mol. The molecule has 1 aliphatic rings. The van der Waals surface area contributed by atoms with E-state index in [4.69, 9.17) is 4.74 Å². The summed E-state index contributed by atoms with van der Waals surface area (Å²) >= 11 is 3.56. The van der Waals surface area contributed by atoms with Crippen molar-refractivity contribution in [2.45, 2.75) is 19.3 Å². The van der Waals surface area contributed by atoms with Gasteiger partial charge >= 0.3 is 0 Å². The van der Waals surface area contributed by atoms with Gasteiger partial charge in [0.15, 0.2) is 0 Å². The molecule has 0 radical (unpaired) electrons. The van der Waals surface area contributed by atoms with E-state index in [0.29, 0.717) is 5.41 Å². The summed E-state index contributed by atoms with van der Waals surface area (Å²) in [5.74, 6) is 0.984. The number of para-hydroxylation sites is 1. The smallest absolute Gasteiger partial charge is 0.119 e. The lowest BCUT2D eigenvalue weighted by Crippen LogP contribution is -2.08. The molecule has 0 spiro atoms. The maximum absolute atomic E-state index is 5.66. The van der Waals surface area contributed by atoms with Crippen molar-refractivity contribution in [2.75, 3.05) is 11.9 Å². The van der Waals surface area contributed by atoms with Crippen molar-refractivity contribution in [1.82, 2.24) is 0 Å². The summed E-state index contributed by atoms with van der Waals surface area (Å²) in [4.78, 5) is 0. The van der Waals surface area contributed by atoms with Crippen LogP contribution in [0.4, 0.5) is 0 Å². The number of ether oxygens (including phenoxy) is 1. The molecule has 2 heteroatoms.